The molecule has 0 radical (unpaired) electrons. The van der Waals surface area contributed by atoms with E-state index < -0.39 is 0 Å². The zero-order chi connectivity index (χ0) is 17.9. The van der Waals surface area contributed by atoms with Crippen molar-refractivity contribution < 1.29 is 9.59 Å². The molecule has 2 aromatic carbocycles. The molecule has 1 N–H and O–H groups in total. The van der Waals surface area contributed by atoms with E-state index >= 15 is 0 Å². The Labute approximate surface area is 155 Å². The van der Waals surface area contributed by atoms with Crippen molar-refractivity contribution in [2.45, 2.75) is 25.7 Å². The van der Waals surface area contributed by atoms with Crippen LogP contribution >= 0.6 is 11.3 Å². The molecule has 1 aromatic heterocycles. The van der Waals surface area contributed by atoms with Crippen molar-refractivity contribution in [2.75, 3.05) is 16.8 Å². The van der Waals surface area contributed by atoms with Crippen molar-refractivity contribution in [2.24, 2.45) is 0 Å². The lowest BCUT2D eigenvalue weighted by Crippen LogP contribution is -2.23. The quantitative estimate of drug-likeness (QED) is 0.743. The highest BCUT2D eigenvalue weighted by Crippen LogP contribution is 2.24. The highest BCUT2D eigenvalue weighted by Gasteiger charge is 2.21. The van der Waals surface area contributed by atoms with Crippen LogP contribution in [0.5, 0.6) is 0 Å². The van der Waals surface area contributed by atoms with Gasteiger partial charge in [0.2, 0.25) is 11.8 Å². The fourth-order valence-corrected chi connectivity index (χ4v) is 4.08. The number of nitrogens with zero attached hydrogens (tertiary/aromatic N) is 2. The van der Waals surface area contributed by atoms with Gasteiger partial charge in [0.25, 0.3) is 0 Å². The summed E-state index contributed by atoms with van der Waals surface area (Å²) < 4.78 is 1.15. The van der Waals surface area contributed by atoms with Crippen molar-refractivity contribution >= 4 is 44.7 Å². The zero-order valence-electron chi connectivity index (χ0n) is 14.3. The summed E-state index contributed by atoms with van der Waals surface area (Å²) in [5, 5.41) is 3.89. The minimum absolute atomic E-state index is 0.0331. The van der Waals surface area contributed by atoms with Gasteiger partial charge in [-0.2, -0.15) is 0 Å². The molecular formula is C20H19N3O2S. The molecule has 4 rings (SSSR count). The van der Waals surface area contributed by atoms with Crippen LogP contribution in [0.25, 0.3) is 10.2 Å². The minimum atomic E-state index is -0.0331. The molecule has 0 aliphatic carbocycles. The van der Waals surface area contributed by atoms with Gasteiger partial charge >= 0.3 is 0 Å². The van der Waals surface area contributed by atoms with E-state index in [0.29, 0.717) is 19.3 Å². The highest BCUT2D eigenvalue weighted by molar-refractivity contribution is 7.18. The van der Waals surface area contributed by atoms with Crippen molar-refractivity contribution in [3.63, 3.8) is 0 Å². The van der Waals surface area contributed by atoms with Gasteiger partial charge in [-0.25, -0.2) is 4.98 Å². The number of fused-ring (bicyclic) bond motifs is 1. The van der Waals surface area contributed by atoms with Crippen LogP contribution in [0.2, 0.25) is 0 Å². The summed E-state index contributed by atoms with van der Waals surface area (Å²) in [5.74, 6) is 0.131. The summed E-state index contributed by atoms with van der Waals surface area (Å²) in [6, 6.07) is 15.4. The summed E-state index contributed by atoms with van der Waals surface area (Å²) in [6.45, 7) is 0.771. The van der Waals surface area contributed by atoms with Gasteiger partial charge in [-0.3, -0.25) is 9.59 Å². The molecule has 3 aromatic rings. The van der Waals surface area contributed by atoms with Crippen molar-refractivity contribution in [1.82, 2.24) is 4.98 Å². The Morgan fingerprint density at radius 1 is 1.15 bits per heavy atom. The Bertz CT molecular complexity index is 916. The first-order chi connectivity index (χ1) is 12.7. The summed E-state index contributed by atoms with van der Waals surface area (Å²) in [5.41, 5.74) is 2.62. The fraction of sp³-hybridized carbons (Fsp3) is 0.250. The van der Waals surface area contributed by atoms with Crippen LogP contribution in [-0.2, 0) is 16.0 Å². The largest absolute Gasteiger partial charge is 0.326 e. The second-order valence-electron chi connectivity index (χ2n) is 6.32. The molecule has 1 aliphatic rings. The summed E-state index contributed by atoms with van der Waals surface area (Å²) in [6.07, 6.45) is 2.55. The molecular weight excluding hydrogens is 346 g/mol. The number of carbonyl (C=O) groups is 2. The number of amides is 2. The van der Waals surface area contributed by atoms with E-state index in [0.717, 1.165) is 39.6 Å². The highest BCUT2D eigenvalue weighted by atomic mass is 32.1. The number of anilines is 2. The van der Waals surface area contributed by atoms with Crippen LogP contribution in [0.4, 0.5) is 11.4 Å². The van der Waals surface area contributed by atoms with Crippen molar-refractivity contribution in [3.8, 4) is 0 Å². The summed E-state index contributed by atoms with van der Waals surface area (Å²) in [7, 11) is 0. The van der Waals surface area contributed by atoms with Crippen LogP contribution in [0.1, 0.15) is 24.3 Å². The first-order valence-corrected chi connectivity index (χ1v) is 9.55. The SMILES string of the molecule is O=C(CCc1nc2ccccc2s1)Nc1ccc(N2CCCC2=O)cc1. The first-order valence-electron chi connectivity index (χ1n) is 8.74. The first kappa shape index (κ1) is 16.7. The molecule has 0 spiro atoms. The number of hydrogen-bond acceptors (Lipinski definition) is 4. The van der Waals surface area contributed by atoms with Crippen LogP contribution in [0.3, 0.4) is 0 Å². The molecule has 0 atom stereocenters. The number of aromatic nitrogens is 1. The van der Waals surface area contributed by atoms with Crippen molar-refractivity contribution in [3.05, 3.63) is 53.5 Å². The Balaban J connectivity index is 1.33. The van der Waals surface area contributed by atoms with E-state index in [4.69, 9.17) is 0 Å². The predicted octanol–water partition coefficient (Wildman–Crippen LogP) is 3.99. The van der Waals surface area contributed by atoms with Crippen LogP contribution in [-0.4, -0.2) is 23.3 Å². The van der Waals surface area contributed by atoms with E-state index in [-0.39, 0.29) is 11.8 Å². The van der Waals surface area contributed by atoms with E-state index in [1.54, 1.807) is 16.2 Å². The van der Waals surface area contributed by atoms with Gasteiger partial charge in [0.05, 0.1) is 15.2 Å². The Hall–Kier alpha value is -2.73. The van der Waals surface area contributed by atoms with E-state index in [1.807, 2.05) is 48.5 Å². The maximum absolute atomic E-state index is 12.2. The second-order valence-corrected chi connectivity index (χ2v) is 7.43. The third-order valence-corrected chi connectivity index (χ3v) is 5.54. The van der Waals surface area contributed by atoms with Gasteiger partial charge in [0.1, 0.15) is 0 Å². The number of carbonyl (C=O) groups excluding carboxylic acids is 2. The molecule has 26 heavy (non-hydrogen) atoms. The van der Waals surface area contributed by atoms with E-state index in [1.165, 1.54) is 0 Å². The smallest absolute Gasteiger partial charge is 0.227 e. The number of thiazole rings is 1. The number of nitrogens with one attached hydrogen (secondary N) is 1. The number of para-hydroxylation sites is 1. The molecule has 132 valence electrons. The number of hydrogen-bond donors (Lipinski definition) is 1. The zero-order valence-corrected chi connectivity index (χ0v) is 15.1. The van der Waals surface area contributed by atoms with E-state index in [9.17, 15) is 9.59 Å². The lowest BCUT2D eigenvalue weighted by Gasteiger charge is -2.16. The number of aryl methyl sites for hydroxylation is 1. The third kappa shape index (κ3) is 3.60. The van der Waals surface area contributed by atoms with Crippen LogP contribution < -0.4 is 10.2 Å². The van der Waals surface area contributed by atoms with Gasteiger partial charge in [0, 0.05) is 37.2 Å². The van der Waals surface area contributed by atoms with Crippen LogP contribution in [0.15, 0.2) is 48.5 Å². The maximum Gasteiger partial charge on any atom is 0.227 e. The molecule has 1 fully saturated rings. The third-order valence-electron chi connectivity index (χ3n) is 4.44. The Morgan fingerprint density at radius 3 is 2.69 bits per heavy atom. The van der Waals surface area contributed by atoms with Gasteiger partial charge in [0.15, 0.2) is 0 Å². The van der Waals surface area contributed by atoms with Crippen molar-refractivity contribution in [1.29, 1.82) is 0 Å². The Morgan fingerprint density at radius 2 is 1.96 bits per heavy atom. The molecule has 1 saturated heterocycles. The molecule has 5 nitrogen and oxygen atoms in total. The van der Waals surface area contributed by atoms with Gasteiger partial charge < -0.3 is 10.2 Å². The molecule has 0 bridgehead atoms. The van der Waals surface area contributed by atoms with Crippen LogP contribution in [0, 0.1) is 0 Å². The van der Waals surface area contributed by atoms with Gasteiger partial charge in [-0.05, 0) is 42.8 Å². The fourth-order valence-electron chi connectivity index (χ4n) is 3.12. The lowest BCUT2D eigenvalue weighted by atomic mass is 10.2. The Kier molecular flexibility index (Phi) is 4.67. The molecule has 6 heteroatoms. The average Bonchev–Trinajstić information content (AvgIpc) is 3.26. The normalized spacial score (nSPS) is 14.2. The number of rotatable bonds is 5. The average molecular weight is 365 g/mol. The predicted molar refractivity (Wildman–Crippen MR) is 105 cm³/mol. The topological polar surface area (TPSA) is 62.3 Å². The lowest BCUT2D eigenvalue weighted by molar-refractivity contribution is -0.117. The standard InChI is InChI=1S/C20H19N3O2S/c24-18(11-12-19-22-16-4-1-2-5-17(16)26-19)21-14-7-9-15(10-8-14)23-13-3-6-20(23)25/h1-2,4-5,7-10H,3,6,11-13H2,(H,21,24). The number of benzene rings is 2. The molecule has 2 heterocycles. The molecule has 0 unspecified atom stereocenters. The van der Waals surface area contributed by atoms with Gasteiger partial charge in [-0.1, -0.05) is 12.1 Å². The summed E-state index contributed by atoms with van der Waals surface area (Å²) >= 11 is 1.63. The maximum atomic E-state index is 12.2. The second kappa shape index (κ2) is 7.25. The molecule has 0 saturated carbocycles. The minimum Gasteiger partial charge on any atom is -0.326 e. The monoisotopic (exact) mass is 365 g/mol. The van der Waals surface area contributed by atoms with Gasteiger partial charge in [-0.15, -0.1) is 11.3 Å². The van der Waals surface area contributed by atoms with E-state index in [2.05, 4.69) is 10.3 Å². The summed E-state index contributed by atoms with van der Waals surface area (Å²) in [4.78, 5) is 30.3. The molecule has 2 amide bonds. The molecule has 1 aliphatic heterocycles.